The number of hydrogen-bond acceptors (Lipinski definition) is 3. The Morgan fingerprint density at radius 2 is 1.37 bits per heavy atom. The summed E-state index contributed by atoms with van der Waals surface area (Å²) < 4.78 is 5.74. The molecular formula is C26H16Cl4N2O3. The molecule has 0 unspecified atom stereocenters. The number of halogens is 4. The van der Waals surface area contributed by atoms with Crippen LogP contribution in [-0.4, -0.2) is 11.8 Å². The van der Waals surface area contributed by atoms with E-state index in [0.717, 1.165) is 5.56 Å². The smallest absolute Gasteiger partial charge is 0.257 e. The van der Waals surface area contributed by atoms with Gasteiger partial charge in [0.2, 0.25) is 5.91 Å². The van der Waals surface area contributed by atoms with Crippen LogP contribution in [0.5, 0.6) is 0 Å². The highest BCUT2D eigenvalue weighted by molar-refractivity contribution is 6.37. The minimum absolute atomic E-state index is 0.255. The summed E-state index contributed by atoms with van der Waals surface area (Å²) >= 11 is 24.0. The molecule has 4 rings (SSSR count). The Bertz CT molecular complexity index is 1410. The highest BCUT2D eigenvalue weighted by atomic mass is 35.5. The summed E-state index contributed by atoms with van der Waals surface area (Å²) in [4.78, 5) is 24.7. The van der Waals surface area contributed by atoms with Gasteiger partial charge in [-0.1, -0.05) is 46.4 Å². The van der Waals surface area contributed by atoms with E-state index in [1.165, 1.54) is 12.1 Å². The van der Waals surface area contributed by atoms with Gasteiger partial charge >= 0.3 is 0 Å². The molecular weight excluding hydrogens is 530 g/mol. The van der Waals surface area contributed by atoms with E-state index in [1.54, 1.807) is 72.8 Å². The Morgan fingerprint density at radius 3 is 2.03 bits per heavy atom. The summed E-state index contributed by atoms with van der Waals surface area (Å²) in [6, 6.07) is 19.9. The summed E-state index contributed by atoms with van der Waals surface area (Å²) in [5.41, 5.74) is 2.13. The quantitative estimate of drug-likeness (QED) is 0.239. The summed E-state index contributed by atoms with van der Waals surface area (Å²) in [5.74, 6) is 0.347. The van der Waals surface area contributed by atoms with E-state index < -0.39 is 0 Å². The van der Waals surface area contributed by atoms with E-state index >= 15 is 0 Å². The monoisotopic (exact) mass is 544 g/mol. The molecule has 0 saturated heterocycles. The minimum Gasteiger partial charge on any atom is -0.457 e. The SMILES string of the molecule is O=C(/C=C/c1ccc(-c2cc(Cl)cc(Cl)c2)o1)Nc1ccc(NC(=O)c2ccc(Cl)cc2Cl)cc1. The molecule has 0 aliphatic heterocycles. The third-order valence-corrected chi connectivity index (χ3v) is 5.74. The molecule has 1 aromatic heterocycles. The Kier molecular flexibility index (Phi) is 7.83. The number of hydrogen-bond donors (Lipinski definition) is 2. The van der Waals surface area contributed by atoms with Crippen molar-refractivity contribution in [2.45, 2.75) is 0 Å². The predicted octanol–water partition coefficient (Wildman–Crippen LogP) is 8.46. The molecule has 0 aliphatic rings. The number of rotatable bonds is 6. The maximum absolute atomic E-state index is 12.4. The summed E-state index contributed by atoms with van der Waals surface area (Å²) in [5, 5.41) is 7.19. The standard InChI is InChI=1S/C26H16Cl4N2O3/c27-16-1-8-22(23(30)14-16)26(34)32-20-4-2-19(3-5-20)31-25(33)10-7-21-6-9-24(35-21)15-11-17(28)13-18(29)12-15/h1-14H,(H,31,33)(H,32,34)/b10-7+. The number of carbonyl (C=O) groups is 2. The Hall–Kier alpha value is -3.22. The first kappa shape index (κ1) is 24.9. The number of amides is 2. The number of nitrogens with one attached hydrogen (secondary N) is 2. The van der Waals surface area contributed by atoms with Crippen molar-refractivity contribution in [3.05, 3.63) is 110 Å². The van der Waals surface area contributed by atoms with Gasteiger partial charge in [0.1, 0.15) is 11.5 Å². The summed E-state index contributed by atoms with van der Waals surface area (Å²) in [6.45, 7) is 0. The molecule has 2 amide bonds. The summed E-state index contributed by atoms with van der Waals surface area (Å²) in [7, 11) is 0. The molecule has 176 valence electrons. The predicted molar refractivity (Wildman–Crippen MR) is 143 cm³/mol. The van der Waals surface area contributed by atoms with Crippen LogP contribution in [0.3, 0.4) is 0 Å². The average molecular weight is 546 g/mol. The van der Waals surface area contributed by atoms with Gasteiger partial charge in [0.15, 0.2) is 0 Å². The zero-order valence-electron chi connectivity index (χ0n) is 17.8. The average Bonchev–Trinajstić information content (AvgIpc) is 3.27. The third-order valence-electron chi connectivity index (χ3n) is 4.76. The molecule has 0 bridgehead atoms. The molecule has 2 N–H and O–H groups in total. The number of furan rings is 1. The first-order chi connectivity index (χ1) is 16.8. The fourth-order valence-electron chi connectivity index (χ4n) is 3.14. The van der Waals surface area contributed by atoms with E-state index in [9.17, 15) is 9.59 Å². The van der Waals surface area contributed by atoms with E-state index in [2.05, 4.69) is 10.6 Å². The van der Waals surface area contributed by atoms with E-state index in [0.29, 0.717) is 43.5 Å². The van der Waals surface area contributed by atoms with Gasteiger partial charge in [0, 0.05) is 38.1 Å². The zero-order valence-corrected chi connectivity index (χ0v) is 20.8. The van der Waals surface area contributed by atoms with E-state index in [4.69, 9.17) is 50.8 Å². The van der Waals surface area contributed by atoms with Crippen LogP contribution in [0.2, 0.25) is 20.1 Å². The fourth-order valence-corrected chi connectivity index (χ4v) is 4.16. The van der Waals surface area contributed by atoms with Crippen LogP contribution in [0.4, 0.5) is 11.4 Å². The molecule has 0 aliphatic carbocycles. The van der Waals surface area contributed by atoms with Gasteiger partial charge < -0.3 is 15.1 Å². The van der Waals surface area contributed by atoms with Gasteiger partial charge in [-0.2, -0.15) is 0 Å². The van der Waals surface area contributed by atoms with Crippen molar-refractivity contribution in [3.8, 4) is 11.3 Å². The molecule has 35 heavy (non-hydrogen) atoms. The highest BCUT2D eigenvalue weighted by Gasteiger charge is 2.11. The molecule has 4 aromatic rings. The Morgan fingerprint density at radius 1 is 0.714 bits per heavy atom. The highest BCUT2D eigenvalue weighted by Crippen LogP contribution is 2.29. The van der Waals surface area contributed by atoms with Gasteiger partial charge in [-0.15, -0.1) is 0 Å². The number of carbonyl (C=O) groups excluding carboxylic acids is 2. The normalized spacial score (nSPS) is 11.0. The number of anilines is 2. The molecule has 5 nitrogen and oxygen atoms in total. The van der Waals surface area contributed by atoms with Crippen LogP contribution < -0.4 is 10.6 Å². The van der Waals surface area contributed by atoms with Crippen molar-refractivity contribution in [1.29, 1.82) is 0 Å². The molecule has 0 saturated carbocycles. The van der Waals surface area contributed by atoms with Crippen LogP contribution in [0, 0.1) is 0 Å². The fraction of sp³-hybridized carbons (Fsp3) is 0. The minimum atomic E-state index is -0.371. The first-order valence-corrected chi connectivity index (χ1v) is 11.7. The lowest BCUT2D eigenvalue weighted by Crippen LogP contribution is -2.12. The Labute approximate surface area is 221 Å². The molecule has 0 fully saturated rings. The van der Waals surface area contributed by atoms with E-state index in [-0.39, 0.29) is 16.8 Å². The second kappa shape index (κ2) is 11.0. The van der Waals surface area contributed by atoms with Gasteiger partial charge in [0.05, 0.1) is 10.6 Å². The number of benzene rings is 3. The molecule has 0 spiro atoms. The zero-order chi connectivity index (χ0) is 24.9. The van der Waals surface area contributed by atoms with Crippen molar-refractivity contribution < 1.29 is 14.0 Å². The van der Waals surface area contributed by atoms with Crippen LogP contribution in [0.1, 0.15) is 16.1 Å². The molecule has 1 heterocycles. The van der Waals surface area contributed by atoms with Crippen molar-refractivity contribution in [2.24, 2.45) is 0 Å². The topological polar surface area (TPSA) is 71.3 Å². The van der Waals surface area contributed by atoms with Gasteiger partial charge in [-0.3, -0.25) is 9.59 Å². The van der Waals surface area contributed by atoms with Gasteiger partial charge in [-0.05, 0) is 78.9 Å². The molecule has 0 radical (unpaired) electrons. The maximum Gasteiger partial charge on any atom is 0.257 e. The van der Waals surface area contributed by atoms with Gasteiger partial charge in [-0.25, -0.2) is 0 Å². The lowest BCUT2D eigenvalue weighted by Gasteiger charge is -2.08. The van der Waals surface area contributed by atoms with Crippen molar-refractivity contribution in [1.82, 2.24) is 0 Å². The molecule has 3 aromatic carbocycles. The lowest BCUT2D eigenvalue weighted by molar-refractivity contribution is -0.111. The first-order valence-electron chi connectivity index (χ1n) is 10.2. The van der Waals surface area contributed by atoms with Crippen LogP contribution in [-0.2, 0) is 4.79 Å². The maximum atomic E-state index is 12.4. The second-order valence-electron chi connectivity index (χ2n) is 7.34. The largest absolute Gasteiger partial charge is 0.457 e. The van der Waals surface area contributed by atoms with Gasteiger partial charge in [0.25, 0.3) is 5.91 Å². The van der Waals surface area contributed by atoms with Crippen LogP contribution >= 0.6 is 46.4 Å². The van der Waals surface area contributed by atoms with E-state index in [1.807, 2.05) is 0 Å². The third kappa shape index (κ3) is 6.68. The van der Waals surface area contributed by atoms with Crippen LogP contribution in [0.15, 0.2) is 83.3 Å². The molecule has 9 heteroatoms. The lowest BCUT2D eigenvalue weighted by atomic mass is 10.2. The van der Waals surface area contributed by atoms with Crippen molar-refractivity contribution in [2.75, 3.05) is 10.6 Å². The second-order valence-corrected chi connectivity index (χ2v) is 9.05. The Balaban J connectivity index is 1.35. The summed E-state index contributed by atoms with van der Waals surface area (Å²) in [6.07, 6.45) is 2.90. The van der Waals surface area contributed by atoms with Crippen molar-refractivity contribution in [3.63, 3.8) is 0 Å². The van der Waals surface area contributed by atoms with Crippen molar-refractivity contribution >= 4 is 75.7 Å². The molecule has 0 atom stereocenters. The van der Waals surface area contributed by atoms with Crippen LogP contribution in [0.25, 0.3) is 17.4 Å².